The summed E-state index contributed by atoms with van der Waals surface area (Å²) in [7, 11) is 0. The predicted molar refractivity (Wildman–Crippen MR) is 108 cm³/mol. The molecule has 1 saturated carbocycles. The first kappa shape index (κ1) is 19.1. The molecule has 1 aliphatic carbocycles. The molecule has 144 valence electrons. The Morgan fingerprint density at radius 3 is 2.81 bits per heavy atom. The summed E-state index contributed by atoms with van der Waals surface area (Å²) in [5, 5.41) is 9.82. The highest BCUT2D eigenvalue weighted by molar-refractivity contribution is 9.10. The van der Waals surface area contributed by atoms with Gasteiger partial charge >= 0.3 is 0 Å². The quantitative estimate of drug-likeness (QED) is 0.473. The van der Waals surface area contributed by atoms with Crippen LogP contribution in [0.3, 0.4) is 0 Å². The Hall–Kier alpha value is -1.25. The number of anilines is 1. The first-order chi connectivity index (χ1) is 12.9. The van der Waals surface area contributed by atoms with E-state index >= 15 is 0 Å². The van der Waals surface area contributed by atoms with E-state index in [4.69, 9.17) is 11.6 Å². The molecule has 4 nitrogen and oxygen atoms in total. The van der Waals surface area contributed by atoms with Crippen molar-refractivity contribution in [2.45, 2.75) is 51.0 Å². The molecule has 1 aliphatic rings. The van der Waals surface area contributed by atoms with E-state index in [1.165, 1.54) is 4.88 Å². The van der Waals surface area contributed by atoms with Crippen molar-refractivity contribution in [3.8, 4) is 0 Å². The fourth-order valence-electron chi connectivity index (χ4n) is 3.79. The number of hydrogen-bond acceptors (Lipinski definition) is 4. The molecule has 3 aromatic rings. The van der Waals surface area contributed by atoms with Gasteiger partial charge in [0.2, 0.25) is 11.2 Å². The maximum absolute atomic E-state index is 13.6. The first-order valence-electron chi connectivity index (χ1n) is 8.74. The molecule has 0 aromatic carbocycles. The lowest BCUT2D eigenvalue weighted by Crippen LogP contribution is -2.23. The van der Waals surface area contributed by atoms with E-state index < -0.39 is 5.92 Å². The van der Waals surface area contributed by atoms with Gasteiger partial charge in [0, 0.05) is 17.7 Å². The molecule has 0 bridgehead atoms. The van der Waals surface area contributed by atoms with Crippen LogP contribution in [0.2, 0.25) is 5.28 Å². The summed E-state index contributed by atoms with van der Waals surface area (Å²) in [6.45, 7) is 2.63. The van der Waals surface area contributed by atoms with Crippen LogP contribution in [-0.4, -0.2) is 20.5 Å². The number of aryl methyl sites for hydroxylation is 1. The van der Waals surface area contributed by atoms with Gasteiger partial charge in [-0.15, -0.1) is 16.4 Å². The molecule has 27 heavy (non-hydrogen) atoms. The van der Waals surface area contributed by atoms with Crippen molar-refractivity contribution in [2.24, 2.45) is 0 Å². The third-order valence-corrected chi connectivity index (χ3v) is 6.93. The van der Waals surface area contributed by atoms with Crippen molar-refractivity contribution >= 4 is 50.2 Å². The molecular weight excluding hydrogens is 458 g/mol. The second-order valence-electron chi connectivity index (χ2n) is 6.88. The van der Waals surface area contributed by atoms with Crippen LogP contribution in [0.15, 0.2) is 22.1 Å². The molecule has 3 heterocycles. The SMILES string of the molecule is Cc1c(C2CCC(F)(F)CC2)c(Br)n2nc(Cl)nc(NCc3cccs3)c12. The lowest BCUT2D eigenvalue weighted by Gasteiger charge is -2.28. The highest BCUT2D eigenvalue weighted by Gasteiger charge is 2.37. The number of rotatable bonds is 4. The monoisotopic (exact) mass is 474 g/mol. The van der Waals surface area contributed by atoms with Crippen LogP contribution in [0.25, 0.3) is 5.52 Å². The maximum Gasteiger partial charge on any atom is 0.248 e. The van der Waals surface area contributed by atoms with Crippen molar-refractivity contribution in [3.05, 3.63) is 43.4 Å². The summed E-state index contributed by atoms with van der Waals surface area (Å²) >= 11 is 11.4. The van der Waals surface area contributed by atoms with Gasteiger partial charge in [-0.05, 0) is 75.8 Å². The summed E-state index contributed by atoms with van der Waals surface area (Å²) < 4.78 is 29.7. The first-order valence-corrected chi connectivity index (χ1v) is 10.8. The maximum atomic E-state index is 13.6. The number of aromatic nitrogens is 3. The van der Waals surface area contributed by atoms with Crippen molar-refractivity contribution < 1.29 is 8.78 Å². The Morgan fingerprint density at radius 1 is 1.41 bits per heavy atom. The molecule has 9 heteroatoms. The summed E-state index contributed by atoms with van der Waals surface area (Å²) in [4.78, 5) is 5.55. The molecule has 1 fully saturated rings. The largest absolute Gasteiger partial charge is 0.363 e. The molecule has 1 N–H and O–H groups in total. The topological polar surface area (TPSA) is 42.2 Å². The van der Waals surface area contributed by atoms with E-state index in [0.29, 0.717) is 25.2 Å². The number of nitrogens with zero attached hydrogens (tertiary/aromatic N) is 3. The number of nitrogens with one attached hydrogen (secondary N) is 1. The highest BCUT2D eigenvalue weighted by Crippen LogP contribution is 2.45. The van der Waals surface area contributed by atoms with E-state index in [0.717, 1.165) is 21.2 Å². The lowest BCUT2D eigenvalue weighted by atomic mass is 9.82. The van der Waals surface area contributed by atoms with Crippen LogP contribution in [-0.2, 0) is 6.54 Å². The summed E-state index contributed by atoms with van der Waals surface area (Å²) in [6, 6.07) is 4.05. The number of halogens is 4. The van der Waals surface area contributed by atoms with Crippen molar-refractivity contribution in [3.63, 3.8) is 0 Å². The van der Waals surface area contributed by atoms with Crippen LogP contribution < -0.4 is 5.32 Å². The van der Waals surface area contributed by atoms with E-state index in [1.54, 1.807) is 15.9 Å². The van der Waals surface area contributed by atoms with Crippen LogP contribution in [0.4, 0.5) is 14.6 Å². The molecule has 0 spiro atoms. The Labute approximate surface area is 173 Å². The van der Waals surface area contributed by atoms with Crippen LogP contribution >= 0.6 is 38.9 Å². The van der Waals surface area contributed by atoms with Crippen LogP contribution in [0, 0.1) is 6.92 Å². The zero-order chi connectivity index (χ0) is 19.2. The van der Waals surface area contributed by atoms with Gasteiger partial charge in [-0.2, -0.15) is 4.98 Å². The fraction of sp³-hybridized carbons (Fsp3) is 0.444. The van der Waals surface area contributed by atoms with Gasteiger partial charge in [0.1, 0.15) is 10.1 Å². The molecule has 0 amide bonds. The van der Waals surface area contributed by atoms with Gasteiger partial charge in [0.25, 0.3) is 0 Å². The Balaban J connectivity index is 1.73. The lowest BCUT2D eigenvalue weighted by molar-refractivity contribution is -0.0383. The predicted octanol–water partition coefficient (Wildman–Crippen LogP) is 6.42. The van der Waals surface area contributed by atoms with Crippen molar-refractivity contribution in [2.75, 3.05) is 5.32 Å². The third-order valence-electron chi connectivity index (χ3n) is 5.13. The molecule has 0 unspecified atom stereocenters. The second kappa shape index (κ2) is 7.29. The standard InChI is InChI=1S/C18H18BrClF2N4S/c1-10-13(11-4-6-18(21,22)7-5-11)15(19)26-14(10)16(24-17(20)25-26)23-9-12-3-2-8-27-12/h2-3,8,11H,4-7,9H2,1H3,(H,23,24,25). The van der Waals surface area contributed by atoms with Gasteiger partial charge < -0.3 is 5.32 Å². The third kappa shape index (κ3) is 3.71. The number of fused-ring (bicyclic) bond motifs is 1. The fourth-order valence-corrected chi connectivity index (χ4v) is 5.47. The van der Waals surface area contributed by atoms with E-state index in [1.807, 2.05) is 24.4 Å². The molecule has 3 aromatic heterocycles. The van der Waals surface area contributed by atoms with Crippen LogP contribution in [0.1, 0.15) is 47.6 Å². The van der Waals surface area contributed by atoms with Gasteiger partial charge in [-0.25, -0.2) is 13.3 Å². The minimum absolute atomic E-state index is 0.0737. The minimum Gasteiger partial charge on any atom is -0.363 e. The zero-order valence-corrected chi connectivity index (χ0v) is 17.8. The van der Waals surface area contributed by atoms with E-state index in [2.05, 4.69) is 31.3 Å². The molecule has 0 atom stereocenters. The Kier molecular flexibility index (Phi) is 5.16. The second-order valence-corrected chi connectivity index (χ2v) is 9.00. The van der Waals surface area contributed by atoms with Gasteiger partial charge in [-0.3, -0.25) is 0 Å². The Bertz CT molecular complexity index is 964. The number of hydrogen-bond donors (Lipinski definition) is 1. The highest BCUT2D eigenvalue weighted by atomic mass is 79.9. The number of thiophene rings is 1. The van der Waals surface area contributed by atoms with Crippen molar-refractivity contribution in [1.29, 1.82) is 0 Å². The molecule has 0 radical (unpaired) electrons. The number of alkyl halides is 2. The Morgan fingerprint density at radius 2 is 2.15 bits per heavy atom. The van der Waals surface area contributed by atoms with E-state index in [9.17, 15) is 8.78 Å². The van der Waals surface area contributed by atoms with Gasteiger partial charge in [-0.1, -0.05) is 6.07 Å². The zero-order valence-electron chi connectivity index (χ0n) is 14.6. The van der Waals surface area contributed by atoms with Crippen LogP contribution in [0.5, 0.6) is 0 Å². The average Bonchev–Trinajstić information content (AvgIpc) is 3.21. The summed E-state index contributed by atoms with van der Waals surface area (Å²) in [5.74, 6) is -1.83. The van der Waals surface area contributed by atoms with E-state index in [-0.39, 0.29) is 24.0 Å². The minimum atomic E-state index is -2.55. The molecular formula is C18H18BrClF2N4S. The van der Waals surface area contributed by atoms with Gasteiger partial charge in [0.05, 0.1) is 6.54 Å². The van der Waals surface area contributed by atoms with Crippen molar-refractivity contribution in [1.82, 2.24) is 14.6 Å². The summed E-state index contributed by atoms with van der Waals surface area (Å²) in [5.41, 5.74) is 2.86. The summed E-state index contributed by atoms with van der Waals surface area (Å²) in [6.07, 6.45) is 0.766. The van der Waals surface area contributed by atoms with Gasteiger partial charge in [0.15, 0.2) is 5.82 Å². The molecule has 0 saturated heterocycles. The smallest absolute Gasteiger partial charge is 0.248 e. The molecule has 4 rings (SSSR count). The molecule has 0 aliphatic heterocycles. The average molecular weight is 476 g/mol. The normalized spacial score (nSPS) is 17.5.